The minimum atomic E-state index is -1.38. The molecule has 0 saturated carbocycles. The number of aromatic nitrogens is 3. The van der Waals surface area contributed by atoms with Crippen molar-refractivity contribution in [3.63, 3.8) is 0 Å². The number of aliphatic hydroxyl groups is 1. The predicted octanol–water partition coefficient (Wildman–Crippen LogP) is 4.28. The van der Waals surface area contributed by atoms with Gasteiger partial charge in [-0.25, -0.2) is 14.4 Å². The van der Waals surface area contributed by atoms with E-state index in [4.69, 9.17) is 21.1 Å². The molecular weight excluding hydrogens is 579 g/mol. The summed E-state index contributed by atoms with van der Waals surface area (Å²) in [6.45, 7) is 9.07. The van der Waals surface area contributed by atoms with E-state index in [0.29, 0.717) is 42.6 Å². The molecule has 1 saturated heterocycles. The van der Waals surface area contributed by atoms with Crippen LogP contribution in [0.15, 0.2) is 43.2 Å². The van der Waals surface area contributed by atoms with Crippen molar-refractivity contribution in [1.82, 2.24) is 19.9 Å². The molecule has 14 heteroatoms. The summed E-state index contributed by atoms with van der Waals surface area (Å²) < 4.78 is 25.7. The lowest BCUT2D eigenvalue weighted by Crippen LogP contribution is -2.50. The van der Waals surface area contributed by atoms with Crippen LogP contribution < -0.4 is 25.6 Å². The molecule has 1 atom stereocenters. The summed E-state index contributed by atoms with van der Waals surface area (Å²) >= 11 is 6.01. The Labute approximate surface area is 254 Å². The smallest absolute Gasteiger partial charge is 0.247 e. The van der Waals surface area contributed by atoms with E-state index in [1.807, 2.05) is 20.2 Å². The van der Waals surface area contributed by atoms with Gasteiger partial charge in [-0.2, -0.15) is 4.98 Å². The number of hydrogen-bond acceptors (Lipinski definition) is 11. The zero-order valence-electron chi connectivity index (χ0n) is 24.7. The van der Waals surface area contributed by atoms with Crippen molar-refractivity contribution >= 4 is 52.2 Å². The molecule has 4 N–H and O–H groups in total. The first-order valence-corrected chi connectivity index (χ1v) is 13.9. The number of likely N-dealkylation sites (N-methyl/N-ethyl adjacent to an activating group) is 1. The van der Waals surface area contributed by atoms with E-state index in [2.05, 4.69) is 47.3 Å². The third-order valence-corrected chi connectivity index (χ3v) is 6.95. The van der Waals surface area contributed by atoms with E-state index < -0.39 is 11.4 Å². The summed E-state index contributed by atoms with van der Waals surface area (Å²) in [7, 11) is 5.53. The highest BCUT2D eigenvalue weighted by Gasteiger charge is 2.28. The van der Waals surface area contributed by atoms with Crippen molar-refractivity contribution < 1.29 is 23.8 Å². The summed E-state index contributed by atoms with van der Waals surface area (Å²) in [5.41, 5.74) is 0.974. The summed E-state index contributed by atoms with van der Waals surface area (Å²) in [6.07, 6.45) is 2.48. The van der Waals surface area contributed by atoms with Gasteiger partial charge in [-0.1, -0.05) is 18.2 Å². The monoisotopic (exact) mass is 614 g/mol. The fourth-order valence-corrected chi connectivity index (χ4v) is 4.88. The maximum absolute atomic E-state index is 14.2. The van der Waals surface area contributed by atoms with Crippen molar-refractivity contribution in [2.75, 3.05) is 68.4 Å². The molecule has 12 nitrogen and oxygen atoms in total. The maximum atomic E-state index is 14.2. The van der Waals surface area contributed by atoms with Crippen molar-refractivity contribution in [1.29, 1.82) is 0 Å². The van der Waals surface area contributed by atoms with Crippen LogP contribution in [-0.4, -0.2) is 84.4 Å². The molecule has 1 aliphatic rings. The molecule has 4 rings (SSSR count). The minimum Gasteiger partial charge on any atom is -0.494 e. The Bertz CT molecular complexity index is 1480. The Hall–Kier alpha value is -4.04. The SMILES string of the molecule is C=CC(=O)Nc1cc(Nc2ncnc(Nc3cc(Cl)c(F)cc3C(C)(C)O)n2)c(OC)cc1N1CCOCC1CN(C)C. The molecule has 1 aliphatic heterocycles. The Balaban J connectivity index is 1.69. The third kappa shape index (κ3) is 7.87. The molecule has 1 unspecified atom stereocenters. The molecule has 1 amide bonds. The van der Waals surface area contributed by atoms with E-state index in [-0.39, 0.29) is 34.4 Å². The lowest BCUT2D eigenvalue weighted by molar-refractivity contribution is -0.111. The molecular formula is C29H36ClFN8O4. The number of methoxy groups -OCH3 is 1. The third-order valence-electron chi connectivity index (χ3n) is 6.66. The Morgan fingerprint density at radius 1 is 1.23 bits per heavy atom. The molecule has 2 heterocycles. The van der Waals surface area contributed by atoms with Gasteiger partial charge in [0, 0.05) is 30.4 Å². The highest BCUT2D eigenvalue weighted by atomic mass is 35.5. The van der Waals surface area contributed by atoms with Crippen molar-refractivity contribution in [3.05, 3.63) is 59.7 Å². The number of morpholine rings is 1. The van der Waals surface area contributed by atoms with Gasteiger partial charge < -0.3 is 40.3 Å². The maximum Gasteiger partial charge on any atom is 0.247 e. The summed E-state index contributed by atoms with van der Waals surface area (Å²) in [5.74, 6) is -0.295. The van der Waals surface area contributed by atoms with Crippen molar-refractivity contribution in [2.24, 2.45) is 0 Å². The number of hydrogen-bond donors (Lipinski definition) is 4. The Morgan fingerprint density at radius 3 is 2.56 bits per heavy atom. The van der Waals surface area contributed by atoms with Crippen LogP contribution in [0.4, 0.5) is 39.0 Å². The molecule has 1 fully saturated rings. The van der Waals surface area contributed by atoms with Crippen LogP contribution in [0.3, 0.4) is 0 Å². The van der Waals surface area contributed by atoms with Crippen molar-refractivity contribution in [2.45, 2.75) is 25.5 Å². The van der Waals surface area contributed by atoms with Crippen LogP contribution in [0.2, 0.25) is 5.02 Å². The molecule has 3 aromatic rings. The van der Waals surface area contributed by atoms with E-state index in [9.17, 15) is 14.3 Å². The fourth-order valence-electron chi connectivity index (χ4n) is 4.72. The first-order valence-electron chi connectivity index (χ1n) is 13.5. The lowest BCUT2D eigenvalue weighted by Gasteiger charge is -2.39. The highest BCUT2D eigenvalue weighted by Crippen LogP contribution is 2.40. The molecule has 0 spiro atoms. The Kier molecular flexibility index (Phi) is 10.0. The van der Waals surface area contributed by atoms with E-state index in [1.54, 1.807) is 13.2 Å². The van der Waals surface area contributed by atoms with Gasteiger partial charge in [-0.15, -0.1) is 0 Å². The average Bonchev–Trinajstić information content (AvgIpc) is 2.94. The largest absolute Gasteiger partial charge is 0.494 e. The number of halogens is 2. The summed E-state index contributed by atoms with van der Waals surface area (Å²) in [5, 5.41) is 19.5. The van der Waals surface area contributed by atoms with Gasteiger partial charge in [-0.3, -0.25) is 4.79 Å². The Morgan fingerprint density at radius 2 is 1.93 bits per heavy atom. The van der Waals surface area contributed by atoms with Gasteiger partial charge >= 0.3 is 0 Å². The zero-order chi connectivity index (χ0) is 31.3. The molecule has 230 valence electrons. The van der Waals surface area contributed by atoms with Crippen LogP contribution in [0.25, 0.3) is 0 Å². The number of anilines is 6. The van der Waals surface area contributed by atoms with E-state index in [0.717, 1.165) is 18.3 Å². The van der Waals surface area contributed by atoms with Gasteiger partial charge in [0.2, 0.25) is 17.8 Å². The number of benzene rings is 2. The van der Waals surface area contributed by atoms with Crippen LogP contribution >= 0.6 is 11.6 Å². The van der Waals surface area contributed by atoms with Crippen LogP contribution in [0, 0.1) is 5.82 Å². The fraction of sp³-hybridized carbons (Fsp3) is 0.379. The molecule has 1 aromatic heterocycles. The van der Waals surface area contributed by atoms with Gasteiger partial charge in [0.05, 0.1) is 54.1 Å². The molecule has 0 bridgehead atoms. The molecule has 2 aromatic carbocycles. The zero-order valence-corrected chi connectivity index (χ0v) is 25.5. The second-order valence-electron chi connectivity index (χ2n) is 10.7. The molecule has 43 heavy (non-hydrogen) atoms. The second-order valence-corrected chi connectivity index (χ2v) is 11.1. The van der Waals surface area contributed by atoms with E-state index >= 15 is 0 Å². The first-order chi connectivity index (χ1) is 20.4. The quantitative estimate of drug-likeness (QED) is 0.230. The number of ether oxygens (including phenoxy) is 2. The van der Waals surface area contributed by atoms with Gasteiger partial charge in [0.25, 0.3) is 0 Å². The van der Waals surface area contributed by atoms with Crippen molar-refractivity contribution in [3.8, 4) is 5.75 Å². The first kappa shape index (κ1) is 31.9. The molecule has 0 radical (unpaired) electrons. The number of nitrogens with one attached hydrogen (secondary N) is 3. The van der Waals surface area contributed by atoms with Crippen LogP contribution in [-0.2, 0) is 15.1 Å². The van der Waals surface area contributed by atoms with E-state index in [1.165, 1.54) is 32.3 Å². The number of carbonyl (C=O) groups is 1. The van der Waals surface area contributed by atoms with Gasteiger partial charge in [0.15, 0.2) is 0 Å². The average molecular weight is 615 g/mol. The topological polar surface area (TPSA) is 137 Å². The summed E-state index contributed by atoms with van der Waals surface area (Å²) in [4.78, 5) is 29.5. The summed E-state index contributed by atoms with van der Waals surface area (Å²) in [6, 6.07) is 6.13. The number of rotatable bonds is 11. The number of carbonyl (C=O) groups excluding carboxylic acids is 1. The number of amides is 1. The molecule has 0 aliphatic carbocycles. The second kappa shape index (κ2) is 13.5. The minimum absolute atomic E-state index is 0.0394. The van der Waals surface area contributed by atoms with Gasteiger partial charge in [0.1, 0.15) is 17.9 Å². The lowest BCUT2D eigenvalue weighted by atomic mass is 9.96. The predicted molar refractivity (Wildman–Crippen MR) is 165 cm³/mol. The van der Waals surface area contributed by atoms with Crippen LogP contribution in [0.1, 0.15) is 19.4 Å². The number of nitrogens with zero attached hydrogens (tertiary/aromatic N) is 5. The van der Waals surface area contributed by atoms with Crippen LogP contribution in [0.5, 0.6) is 5.75 Å². The highest BCUT2D eigenvalue weighted by molar-refractivity contribution is 6.31. The normalized spacial score (nSPS) is 15.3. The van der Waals surface area contributed by atoms with Gasteiger partial charge in [-0.05, 0) is 52.2 Å². The standard InChI is InChI=1S/C29H36ClFN8O4/c1-7-26(40)34-22-12-23(25(42-6)13-24(22)39-8-9-43-15-17(39)14-38(4)5)36-28-33-16-32-27(37-28)35-21-11-19(30)20(31)10-18(21)29(2,3)41/h7,10-13,16-17,41H,1,8-9,14-15H2,2-6H3,(H,34,40)(H2,32,33,35,36,37).